The van der Waals surface area contributed by atoms with Gasteiger partial charge in [0.15, 0.2) is 0 Å². The van der Waals surface area contributed by atoms with E-state index in [1.165, 1.54) is 12.0 Å². The maximum atomic E-state index is 13.1. The molecule has 4 aliphatic carbocycles. The first kappa shape index (κ1) is 18.0. The average Bonchev–Trinajstić information content (AvgIpc) is 3.14. The molecular weight excluding hydrogens is 350 g/mol. The summed E-state index contributed by atoms with van der Waals surface area (Å²) in [6.07, 6.45) is 8.73. The van der Waals surface area contributed by atoms with E-state index in [4.69, 9.17) is 4.42 Å². The Morgan fingerprint density at radius 3 is 2.50 bits per heavy atom. The summed E-state index contributed by atoms with van der Waals surface area (Å²) in [5.41, 5.74) is 0.457. The molecule has 2 N–H and O–H groups in total. The quantitative estimate of drug-likeness (QED) is 0.791. The van der Waals surface area contributed by atoms with Gasteiger partial charge in [0.1, 0.15) is 5.76 Å². The molecule has 0 spiro atoms. The second-order valence-electron chi connectivity index (χ2n) is 9.62. The molecule has 0 radical (unpaired) electrons. The highest BCUT2D eigenvalue weighted by Gasteiger charge is 2.57. The molecule has 1 aromatic heterocycles. The maximum absolute atomic E-state index is 13.1. The number of furan rings is 1. The summed E-state index contributed by atoms with van der Waals surface area (Å²) in [5, 5.41) is 14.3. The van der Waals surface area contributed by atoms with E-state index in [2.05, 4.69) is 17.4 Å². The fourth-order valence-electron chi connectivity index (χ4n) is 6.63. The third-order valence-electron chi connectivity index (χ3n) is 7.14. The van der Waals surface area contributed by atoms with E-state index in [9.17, 15) is 9.90 Å². The van der Waals surface area contributed by atoms with Gasteiger partial charge in [-0.05, 0) is 74.5 Å². The number of hydrogen-bond acceptors (Lipinski definition) is 3. The van der Waals surface area contributed by atoms with Gasteiger partial charge in [-0.1, -0.05) is 30.3 Å². The molecule has 2 aromatic rings. The van der Waals surface area contributed by atoms with Crippen LogP contribution >= 0.6 is 0 Å². The lowest BCUT2D eigenvalue weighted by Gasteiger charge is -2.60. The van der Waals surface area contributed by atoms with Gasteiger partial charge in [0.25, 0.3) is 0 Å². The van der Waals surface area contributed by atoms with Crippen LogP contribution < -0.4 is 5.32 Å². The standard InChI is InChI=1S/C24H29NO3/c26-22(25-23-12-18-9-19(13-23)15-24(27,14-18)16-23)11-20(21-7-4-8-28-21)10-17-5-2-1-3-6-17/h1-8,18-20,27H,9-16H2,(H,25,26). The summed E-state index contributed by atoms with van der Waals surface area (Å²) in [5.74, 6) is 2.11. The van der Waals surface area contributed by atoms with Gasteiger partial charge in [-0.2, -0.15) is 0 Å². The molecular formula is C24H29NO3. The molecule has 28 heavy (non-hydrogen) atoms. The number of amides is 1. The Morgan fingerprint density at radius 2 is 1.86 bits per heavy atom. The highest BCUT2D eigenvalue weighted by Crippen LogP contribution is 2.57. The Bertz CT molecular complexity index is 815. The highest BCUT2D eigenvalue weighted by molar-refractivity contribution is 5.78. The summed E-state index contributed by atoms with van der Waals surface area (Å²) >= 11 is 0. The summed E-state index contributed by atoms with van der Waals surface area (Å²) in [6, 6.07) is 14.1. The predicted molar refractivity (Wildman–Crippen MR) is 107 cm³/mol. The molecule has 4 bridgehead atoms. The summed E-state index contributed by atoms with van der Waals surface area (Å²) in [7, 11) is 0. The topological polar surface area (TPSA) is 62.5 Å². The number of rotatable bonds is 6. The monoisotopic (exact) mass is 379 g/mol. The number of carbonyl (C=O) groups is 1. The number of aliphatic hydroxyl groups is 1. The Labute approximate surface area is 166 Å². The van der Waals surface area contributed by atoms with Crippen molar-refractivity contribution in [2.24, 2.45) is 11.8 Å². The Hall–Kier alpha value is -2.07. The number of benzene rings is 1. The van der Waals surface area contributed by atoms with Crippen molar-refractivity contribution in [2.45, 2.75) is 68.4 Å². The van der Waals surface area contributed by atoms with Crippen molar-refractivity contribution >= 4 is 5.91 Å². The van der Waals surface area contributed by atoms with Crippen molar-refractivity contribution < 1.29 is 14.3 Å². The Balaban J connectivity index is 1.30. The van der Waals surface area contributed by atoms with Gasteiger partial charge in [0.2, 0.25) is 5.91 Å². The minimum atomic E-state index is -0.554. The van der Waals surface area contributed by atoms with Crippen LogP contribution in [-0.4, -0.2) is 22.2 Å². The van der Waals surface area contributed by atoms with Crippen molar-refractivity contribution in [3.63, 3.8) is 0 Å². The minimum Gasteiger partial charge on any atom is -0.469 e. The number of carbonyl (C=O) groups excluding carboxylic acids is 1. The van der Waals surface area contributed by atoms with E-state index in [1.807, 2.05) is 30.3 Å². The molecule has 3 unspecified atom stereocenters. The Morgan fingerprint density at radius 1 is 1.11 bits per heavy atom. The molecule has 1 heterocycles. The largest absolute Gasteiger partial charge is 0.469 e. The second-order valence-corrected chi connectivity index (χ2v) is 9.62. The third kappa shape index (κ3) is 3.50. The van der Waals surface area contributed by atoms with E-state index in [0.717, 1.165) is 44.3 Å². The third-order valence-corrected chi connectivity index (χ3v) is 7.14. The van der Waals surface area contributed by atoms with Crippen LogP contribution in [0, 0.1) is 11.8 Å². The molecule has 4 fully saturated rings. The van der Waals surface area contributed by atoms with Gasteiger partial charge >= 0.3 is 0 Å². The minimum absolute atomic E-state index is 0.0226. The molecule has 4 nitrogen and oxygen atoms in total. The van der Waals surface area contributed by atoms with Gasteiger partial charge in [-0.3, -0.25) is 4.79 Å². The molecule has 148 valence electrons. The lowest BCUT2D eigenvalue weighted by atomic mass is 9.51. The SMILES string of the molecule is O=C(CC(Cc1ccccc1)c1ccco1)NC12CC3CC(CC(O)(C3)C1)C2. The van der Waals surface area contributed by atoms with Crippen LogP contribution in [0.4, 0.5) is 0 Å². The molecule has 4 heteroatoms. The first-order valence-electron chi connectivity index (χ1n) is 10.6. The second kappa shape index (κ2) is 6.77. The van der Waals surface area contributed by atoms with Gasteiger partial charge in [-0.15, -0.1) is 0 Å². The van der Waals surface area contributed by atoms with E-state index < -0.39 is 5.60 Å². The van der Waals surface area contributed by atoms with Crippen LogP contribution in [0.15, 0.2) is 53.1 Å². The van der Waals surface area contributed by atoms with Crippen molar-refractivity contribution in [3.8, 4) is 0 Å². The molecule has 0 saturated heterocycles. The zero-order valence-electron chi connectivity index (χ0n) is 16.3. The first-order valence-corrected chi connectivity index (χ1v) is 10.6. The Kier molecular flexibility index (Phi) is 4.35. The predicted octanol–water partition coefficient (Wildman–Crippen LogP) is 4.20. The number of nitrogens with one attached hydrogen (secondary N) is 1. The average molecular weight is 380 g/mol. The van der Waals surface area contributed by atoms with Crippen LogP contribution in [0.3, 0.4) is 0 Å². The summed E-state index contributed by atoms with van der Waals surface area (Å²) < 4.78 is 5.66. The molecule has 4 aliphatic rings. The molecule has 0 aliphatic heterocycles. The van der Waals surface area contributed by atoms with Crippen LogP contribution in [0.2, 0.25) is 0 Å². The molecule has 3 atom stereocenters. The zero-order chi connectivity index (χ0) is 19.2. The van der Waals surface area contributed by atoms with Crippen LogP contribution in [0.5, 0.6) is 0 Å². The van der Waals surface area contributed by atoms with Crippen LogP contribution in [0.1, 0.15) is 62.2 Å². The first-order chi connectivity index (χ1) is 13.5. The fourth-order valence-corrected chi connectivity index (χ4v) is 6.63. The summed E-state index contributed by atoms with van der Waals surface area (Å²) in [4.78, 5) is 13.1. The normalized spacial score (nSPS) is 34.3. The fraction of sp³-hybridized carbons (Fsp3) is 0.542. The molecule has 4 saturated carbocycles. The molecule has 1 aromatic carbocycles. The van der Waals surface area contributed by atoms with E-state index in [1.54, 1.807) is 6.26 Å². The van der Waals surface area contributed by atoms with Crippen molar-refractivity contribution in [3.05, 3.63) is 60.1 Å². The lowest BCUT2D eigenvalue weighted by molar-refractivity contribution is -0.151. The summed E-state index contributed by atoms with van der Waals surface area (Å²) in [6.45, 7) is 0. The van der Waals surface area contributed by atoms with Crippen molar-refractivity contribution in [1.29, 1.82) is 0 Å². The van der Waals surface area contributed by atoms with E-state index in [0.29, 0.717) is 18.3 Å². The van der Waals surface area contributed by atoms with Gasteiger partial charge in [0, 0.05) is 17.9 Å². The van der Waals surface area contributed by atoms with E-state index >= 15 is 0 Å². The molecule has 1 amide bonds. The molecule has 6 rings (SSSR count). The van der Waals surface area contributed by atoms with Crippen LogP contribution in [0.25, 0.3) is 0 Å². The van der Waals surface area contributed by atoms with Crippen molar-refractivity contribution in [2.75, 3.05) is 0 Å². The van der Waals surface area contributed by atoms with E-state index in [-0.39, 0.29) is 17.4 Å². The van der Waals surface area contributed by atoms with Crippen LogP contribution in [-0.2, 0) is 11.2 Å². The van der Waals surface area contributed by atoms with Gasteiger partial charge in [-0.25, -0.2) is 0 Å². The maximum Gasteiger partial charge on any atom is 0.221 e. The zero-order valence-corrected chi connectivity index (χ0v) is 16.3. The number of hydrogen-bond donors (Lipinski definition) is 2. The highest BCUT2D eigenvalue weighted by atomic mass is 16.3. The van der Waals surface area contributed by atoms with Crippen molar-refractivity contribution in [1.82, 2.24) is 5.32 Å². The lowest BCUT2D eigenvalue weighted by Crippen LogP contribution is -2.65. The smallest absolute Gasteiger partial charge is 0.221 e. The van der Waals surface area contributed by atoms with Gasteiger partial charge < -0.3 is 14.8 Å². The van der Waals surface area contributed by atoms with Gasteiger partial charge in [0.05, 0.1) is 11.9 Å².